The minimum atomic E-state index is 0.358. The van der Waals surface area contributed by atoms with Gasteiger partial charge in [0.1, 0.15) is 5.75 Å². The van der Waals surface area contributed by atoms with E-state index in [1.165, 1.54) is 24.8 Å². The number of phenols is 1. The van der Waals surface area contributed by atoms with Crippen molar-refractivity contribution in [3.05, 3.63) is 29.3 Å². The highest BCUT2D eigenvalue weighted by Gasteiger charge is 2.06. The van der Waals surface area contributed by atoms with Crippen LogP contribution in [-0.4, -0.2) is 5.11 Å². The second-order valence-electron chi connectivity index (χ2n) is 4.04. The van der Waals surface area contributed by atoms with Crippen molar-refractivity contribution in [3.8, 4) is 5.75 Å². The second-order valence-corrected chi connectivity index (χ2v) is 4.04. The Morgan fingerprint density at radius 2 is 1.80 bits per heavy atom. The SMILES string of the molecule is CCCCc1cc[c]c(O)c1CCCC. The third-order valence-corrected chi connectivity index (χ3v) is 2.76. The Morgan fingerprint density at radius 1 is 1.13 bits per heavy atom. The molecule has 1 heteroatoms. The molecule has 83 valence electrons. The predicted octanol–water partition coefficient (Wildman–Crippen LogP) is 3.88. The Bertz CT molecular complexity index is 291. The summed E-state index contributed by atoms with van der Waals surface area (Å²) in [7, 11) is 0. The van der Waals surface area contributed by atoms with E-state index in [0.717, 1.165) is 24.8 Å². The van der Waals surface area contributed by atoms with Crippen molar-refractivity contribution in [3.63, 3.8) is 0 Å². The van der Waals surface area contributed by atoms with Crippen molar-refractivity contribution in [1.82, 2.24) is 0 Å². The first-order chi connectivity index (χ1) is 7.29. The Labute approximate surface area is 93.1 Å². The van der Waals surface area contributed by atoms with E-state index in [1.54, 1.807) is 0 Å². The van der Waals surface area contributed by atoms with Crippen molar-refractivity contribution >= 4 is 0 Å². The van der Waals surface area contributed by atoms with Gasteiger partial charge in [-0.15, -0.1) is 0 Å². The Kier molecular flexibility index (Phi) is 5.23. The highest BCUT2D eigenvalue weighted by atomic mass is 16.3. The molecule has 1 aromatic rings. The van der Waals surface area contributed by atoms with Crippen LogP contribution in [0.3, 0.4) is 0 Å². The number of hydrogen-bond donors (Lipinski definition) is 1. The van der Waals surface area contributed by atoms with Crippen LogP contribution < -0.4 is 0 Å². The number of aromatic hydroxyl groups is 1. The van der Waals surface area contributed by atoms with Gasteiger partial charge in [0, 0.05) is 6.07 Å². The molecule has 0 fully saturated rings. The molecule has 1 rings (SSSR count). The number of unbranched alkanes of at least 4 members (excludes halogenated alkanes) is 2. The maximum Gasteiger partial charge on any atom is 0.126 e. The summed E-state index contributed by atoms with van der Waals surface area (Å²) in [5.74, 6) is 0.358. The first-order valence-electron chi connectivity index (χ1n) is 6.01. The molecule has 0 aliphatic carbocycles. The van der Waals surface area contributed by atoms with Gasteiger partial charge in [-0.3, -0.25) is 0 Å². The lowest BCUT2D eigenvalue weighted by atomic mass is 9.97. The van der Waals surface area contributed by atoms with Gasteiger partial charge in [-0.05, 0) is 36.8 Å². The average molecular weight is 205 g/mol. The van der Waals surface area contributed by atoms with Crippen LogP contribution in [0.2, 0.25) is 0 Å². The van der Waals surface area contributed by atoms with Crippen LogP contribution in [-0.2, 0) is 12.8 Å². The van der Waals surface area contributed by atoms with Gasteiger partial charge < -0.3 is 5.11 Å². The van der Waals surface area contributed by atoms with Gasteiger partial charge in [-0.25, -0.2) is 0 Å². The first kappa shape index (κ1) is 12.1. The molecule has 1 radical (unpaired) electrons. The third kappa shape index (κ3) is 3.58. The zero-order chi connectivity index (χ0) is 11.1. The van der Waals surface area contributed by atoms with Crippen LogP contribution >= 0.6 is 0 Å². The van der Waals surface area contributed by atoms with Gasteiger partial charge in [-0.2, -0.15) is 0 Å². The summed E-state index contributed by atoms with van der Waals surface area (Å²) < 4.78 is 0. The number of rotatable bonds is 6. The molecule has 0 heterocycles. The summed E-state index contributed by atoms with van der Waals surface area (Å²) in [5.41, 5.74) is 2.43. The van der Waals surface area contributed by atoms with E-state index in [-0.39, 0.29) is 0 Å². The van der Waals surface area contributed by atoms with E-state index in [9.17, 15) is 5.11 Å². The molecule has 0 aliphatic rings. The highest BCUT2D eigenvalue weighted by molar-refractivity contribution is 5.38. The Balaban J connectivity index is 2.77. The number of benzene rings is 1. The van der Waals surface area contributed by atoms with Crippen molar-refractivity contribution in [1.29, 1.82) is 0 Å². The average Bonchev–Trinajstić information content (AvgIpc) is 2.25. The summed E-state index contributed by atoms with van der Waals surface area (Å²) in [5, 5.41) is 9.76. The summed E-state index contributed by atoms with van der Waals surface area (Å²) in [6.45, 7) is 4.37. The van der Waals surface area contributed by atoms with Crippen molar-refractivity contribution in [2.45, 2.75) is 52.4 Å². The minimum Gasteiger partial charge on any atom is -0.507 e. The fourth-order valence-electron chi connectivity index (χ4n) is 1.79. The molecule has 0 saturated heterocycles. The molecule has 0 spiro atoms. The standard InChI is InChI=1S/C14H21O/c1-3-5-8-12-9-7-11-14(15)13(12)10-6-4-2/h7,9,15H,3-6,8,10H2,1-2H3. The maximum atomic E-state index is 9.76. The van der Waals surface area contributed by atoms with Gasteiger partial charge in [0.05, 0.1) is 0 Å². The zero-order valence-electron chi connectivity index (χ0n) is 9.84. The van der Waals surface area contributed by atoms with Gasteiger partial charge in [0.15, 0.2) is 0 Å². The van der Waals surface area contributed by atoms with E-state index in [4.69, 9.17) is 0 Å². The van der Waals surface area contributed by atoms with E-state index >= 15 is 0 Å². The monoisotopic (exact) mass is 205 g/mol. The van der Waals surface area contributed by atoms with Crippen molar-refractivity contribution < 1.29 is 5.11 Å². The van der Waals surface area contributed by atoms with Gasteiger partial charge >= 0.3 is 0 Å². The van der Waals surface area contributed by atoms with Crippen LogP contribution in [0.5, 0.6) is 5.75 Å². The smallest absolute Gasteiger partial charge is 0.126 e. The molecule has 0 saturated carbocycles. The summed E-state index contributed by atoms with van der Waals surface area (Å²) in [4.78, 5) is 0. The normalized spacial score (nSPS) is 10.5. The van der Waals surface area contributed by atoms with Crippen LogP contribution in [0.25, 0.3) is 0 Å². The molecular weight excluding hydrogens is 184 g/mol. The Morgan fingerprint density at radius 3 is 2.47 bits per heavy atom. The maximum absolute atomic E-state index is 9.76. The highest BCUT2D eigenvalue weighted by Crippen LogP contribution is 2.23. The lowest BCUT2D eigenvalue weighted by Gasteiger charge is -2.10. The fraction of sp³-hybridized carbons (Fsp3) is 0.571. The van der Waals surface area contributed by atoms with Gasteiger partial charge in [-0.1, -0.05) is 38.8 Å². The lowest BCUT2D eigenvalue weighted by Crippen LogP contribution is -1.95. The summed E-state index contributed by atoms with van der Waals surface area (Å²) >= 11 is 0. The molecule has 1 N–H and O–H groups in total. The summed E-state index contributed by atoms with van der Waals surface area (Å²) in [6.07, 6.45) is 6.78. The molecule has 0 amide bonds. The molecule has 0 atom stereocenters. The van der Waals surface area contributed by atoms with E-state index in [1.807, 2.05) is 6.07 Å². The molecule has 1 nitrogen and oxygen atoms in total. The molecule has 0 bridgehead atoms. The summed E-state index contributed by atoms with van der Waals surface area (Å²) in [6, 6.07) is 6.81. The van der Waals surface area contributed by atoms with E-state index in [0.29, 0.717) is 5.75 Å². The molecule has 15 heavy (non-hydrogen) atoms. The van der Waals surface area contributed by atoms with E-state index < -0.39 is 0 Å². The second kappa shape index (κ2) is 6.49. The lowest BCUT2D eigenvalue weighted by molar-refractivity contribution is 0.464. The van der Waals surface area contributed by atoms with Crippen molar-refractivity contribution in [2.75, 3.05) is 0 Å². The van der Waals surface area contributed by atoms with Gasteiger partial charge in [0.2, 0.25) is 0 Å². The van der Waals surface area contributed by atoms with Crippen LogP contribution in [0.15, 0.2) is 12.1 Å². The molecule has 1 aromatic carbocycles. The Hall–Kier alpha value is -0.980. The number of hydrogen-bond acceptors (Lipinski definition) is 1. The molecule has 0 aliphatic heterocycles. The first-order valence-corrected chi connectivity index (χ1v) is 6.01. The zero-order valence-corrected chi connectivity index (χ0v) is 9.84. The van der Waals surface area contributed by atoms with Gasteiger partial charge in [0.25, 0.3) is 0 Å². The van der Waals surface area contributed by atoms with Crippen molar-refractivity contribution in [2.24, 2.45) is 0 Å². The number of aryl methyl sites for hydroxylation is 1. The quantitative estimate of drug-likeness (QED) is 0.747. The predicted molar refractivity (Wildman–Crippen MR) is 64.2 cm³/mol. The third-order valence-electron chi connectivity index (χ3n) is 2.76. The largest absolute Gasteiger partial charge is 0.507 e. The fourth-order valence-corrected chi connectivity index (χ4v) is 1.79. The van der Waals surface area contributed by atoms with Crippen LogP contribution in [0.4, 0.5) is 0 Å². The minimum absolute atomic E-state index is 0.358. The molecule has 0 aromatic heterocycles. The van der Waals surface area contributed by atoms with E-state index in [2.05, 4.69) is 26.0 Å². The van der Waals surface area contributed by atoms with Crippen LogP contribution in [0.1, 0.15) is 50.7 Å². The molecule has 0 unspecified atom stereocenters. The molecular formula is C14H21O. The van der Waals surface area contributed by atoms with Crippen LogP contribution in [0, 0.1) is 6.07 Å². The topological polar surface area (TPSA) is 20.2 Å². The number of phenolic OH excluding ortho intramolecular Hbond substituents is 1.